The van der Waals surface area contributed by atoms with Crippen LogP contribution in [0.3, 0.4) is 0 Å². The first kappa shape index (κ1) is 14.8. The van der Waals surface area contributed by atoms with Crippen molar-refractivity contribution < 1.29 is 45.2 Å². The van der Waals surface area contributed by atoms with Crippen LogP contribution >= 0.6 is 0 Å². The van der Waals surface area contributed by atoms with Gasteiger partial charge in [0.15, 0.2) is 0 Å². The summed E-state index contributed by atoms with van der Waals surface area (Å²) in [5, 5.41) is 17.4. The summed E-state index contributed by atoms with van der Waals surface area (Å²) in [5.41, 5.74) is -6.74. The van der Waals surface area contributed by atoms with Crippen molar-refractivity contribution >= 4 is 0 Å². The third-order valence-electron chi connectivity index (χ3n) is 1.49. The van der Waals surface area contributed by atoms with Crippen molar-refractivity contribution in [2.45, 2.75) is 24.0 Å². The number of nitro groups is 1. The van der Waals surface area contributed by atoms with E-state index >= 15 is 0 Å². The topological polar surface area (TPSA) is 63.4 Å². The number of aliphatic hydroxyl groups is 1. The second-order valence-corrected chi connectivity index (χ2v) is 2.50. The first-order valence-electron chi connectivity index (χ1n) is 3.07. The molecule has 0 atom stereocenters. The Morgan fingerprint density at radius 2 is 1.12 bits per heavy atom. The van der Waals surface area contributed by atoms with E-state index < -0.39 is 28.9 Å². The fourth-order valence-corrected chi connectivity index (χ4v) is 0.634. The molecule has 0 rings (SSSR count). The molecule has 16 heavy (non-hydrogen) atoms. The summed E-state index contributed by atoms with van der Waals surface area (Å²) in [6.45, 7) is 0. The van der Waals surface area contributed by atoms with Gasteiger partial charge in [0.05, 0.1) is 4.92 Å². The molecular weight excluding hydrogens is 262 g/mol. The van der Waals surface area contributed by atoms with E-state index in [0.717, 1.165) is 0 Å². The summed E-state index contributed by atoms with van der Waals surface area (Å²) in [5.74, 6) is 0. The van der Waals surface area contributed by atoms with E-state index in [0.29, 0.717) is 0 Å². The van der Waals surface area contributed by atoms with Crippen LogP contribution in [0.1, 0.15) is 0 Å². The maximum Gasteiger partial charge on any atom is 0.559 e. The number of hydrogen-bond donors (Lipinski definition) is 1. The van der Waals surface area contributed by atoms with Gasteiger partial charge in [0.2, 0.25) is 0 Å². The Morgan fingerprint density at radius 1 is 0.875 bits per heavy atom. The molecule has 0 unspecified atom stereocenters. The van der Waals surface area contributed by atoms with Crippen molar-refractivity contribution in [3.8, 4) is 0 Å². The van der Waals surface area contributed by atoms with Crippen LogP contribution in [0.25, 0.3) is 0 Å². The molecule has 0 aliphatic carbocycles. The molecule has 96 valence electrons. The van der Waals surface area contributed by atoms with Gasteiger partial charge in [-0.05, 0) is 0 Å². The smallest absolute Gasteiger partial charge is 0.363 e. The van der Waals surface area contributed by atoms with E-state index in [1.54, 1.807) is 0 Å². The molecule has 0 heterocycles. The highest BCUT2D eigenvalue weighted by Crippen LogP contribution is 2.51. The molecule has 0 aromatic rings. The average Bonchev–Trinajstić information content (AvgIpc) is 1.97. The lowest BCUT2D eigenvalue weighted by molar-refractivity contribution is -0.694. The average molecular weight is 263 g/mol. The summed E-state index contributed by atoms with van der Waals surface area (Å²) in [6, 6.07) is -6.65. The number of hydrogen-bond acceptors (Lipinski definition) is 3. The number of rotatable bonds is 2. The molecule has 0 bridgehead atoms. The van der Waals surface area contributed by atoms with E-state index in [-0.39, 0.29) is 0 Å². The van der Waals surface area contributed by atoms with Gasteiger partial charge in [-0.3, -0.25) is 10.1 Å². The molecule has 0 saturated heterocycles. The zero-order chi connectivity index (χ0) is 13.6. The Morgan fingerprint density at radius 3 is 1.19 bits per heavy atom. The van der Waals surface area contributed by atoms with E-state index in [4.69, 9.17) is 5.11 Å². The molecule has 0 radical (unpaired) electrons. The third kappa shape index (κ3) is 1.76. The molecule has 0 amide bonds. The molecule has 0 aliphatic rings. The highest BCUT2D eigenvalue weighted by molar-refractivity contribution is 5.00. The minimum Gasteiger partial charge on any atom is -0.363 e. The number of halogens is 8. The van der Waals surface area contributed by atoms with Gasteiger partial charge in [-0.2, -0.15) is 26.3 Å². The lowest BCUT2D eigenvalue weighted by Gasteiger charge is -2.32. The molecule has 12 heteroatoms. The van der Waals surface area contributed by atoms with Crippen LogP contribution in [0.15, 0.2) is 0 Å². The van der Waals surface area contributed by atoms with E-state index in [2.05, 4.69) is 0 Å². The Balaban J connectivity index is 5.91. The van der Waals surface area contributed by atoms with E-state index in [1.165, 1.54) is 0 Å². The Bertz CT molecular complexity index is 279. The summed E-state index contributed by atoms with van der Waals surface area (Å²) in [7, 11) is 0. The summed E-state index contributed by atoms with van der Waals surface area (Å²) in [4.78, 5) is 6.30. The first-order chi connectivity index (χ1) is 6.69. The quantitative estimate of drug-likeness (QED) is 0.357. The van der Waals surface area contributed by atoms with Gasteiger partial charge in [-0.25, -0.2) is 0 Å². The molecule has 0 aromatic carbocycles. The molecule has 0 spiro atoms. The van der Waals surface area contributed by atoms with Crippen molar-refractivity contribution in [2.24, 2.45) is 0 Å². The highest BCUT2D eigenvalue weighted by Gasteiger charge is 2.89. The summed E-state index contributed by atoms with van der Waals surface area (Å²) >= 11 is 0. The first-order valence-corrected chi connectivity index (χ1v) is 3.07. The Kier molecular flexibility index (Phi) is 3.14. The number of alkyl halides is 8. The summed E-state index contributed by atoms with van der Waals surface area (Å²) in [6.07, 6.45) is -13.9. The van der Waals surface area contributed by atoms with E-state index in [1.807, 2.05) is 0 Å². The third-order valence-corrected chi connectivity index (χ3v) is 1.49. The van der Waals surface area contributed by atoms with Crippen LogP contribution in [0.5, 0.6) is 0 Å². The van der Waals surface area contributed by atoms with Gasteiger partial charge in [-0.1, -0.05) is 0 Å². The number of nitrogens with zero attached hydrogens (tertiary/aromatic N) is 1. The van der Waals surface area contributed by atoms with Crippen LogP contribution in [-0.2, 0) is 0 Å². The van der Waals surface area contributed by atoms with E-state index in [9.17, 15) is 45.2 Å². The van der Waals surface area contributed by atoms with Crippen molar-refractivity contribution in [3.63, 3.8) is 0 Å². The molecule has 0 aromatic heterocycles. The van der Waals surface area contributed by atoms with Crippen LogP contribution in [0.2, 0.25) is 0 Å². The standard InChI is InChI=1S/C4HF8NO3/c5-2(6,7)1(14,3(8,9)10)4(11,12)13(15)16/h14H. The van der Waals surface area contributed by atoms with Crippen molar-refractivity contribution in [3.05, 3.63) is 10.1 Å². The SMILES string of the molecule is O=[N+]([O-])C(F)(F)C(O)(C(F)(F)F)C(F)(F)F. The lowest BCUT2D eigenvalue weighted by Crippen LogP contribution is -2.70. The van der Waals surface area contributed by atoms with Gasteiger partial charge < -0.3 is 5.11 Å². The summed E-state index contributed by atoms with van der Waals surface area (Å²) < 4.78 is 94.6. The molecule has 0 fully saturated rings. The van der Waals surface area contributed by atoms with Gasteiger partial charge in [0.1, 0.15) is 0 Å². The van der Waals surface area contributed by atoms with Crippen LogP contribution in [0.4, 0.5) is 35.1 Å². The van der Waals surface area contributed by atoms with Crippen LogP contribution in [-0.4, -0.2) is 34.0 Å². The second kappa shape index (κ2) is 3.40. The molecule has 0 saturated carbocycles. The predicted molar refractivity (Wildman–Crippen MR) is 29.0 cm³/mol. The normalized spacial score (nSPS) is 15.1. The largest absolute Gasteiger partial charge is 0.559 e. The molecule has 1 N–H and O–H groups in total. The van der Waals surface area contributed by atoms with Crippen molar-refractivity contribution in [1.82, 2.24) is 0 Å². The lowest BCUT2D eigenvalue weighted by atomic mass is 10.00. The van der Waals surface area contributed by atoms with Gasteiger partial charge in [0, 0.05) is 0 Å². The Hall–Kier alpha value is -1.20. The maximum absolute atomic E-state index is 12.2. The Labute approximate surface area is 80.6 Å². The van der Waals surface area contributed by atoms with Gasteiger partial charge in [0.25, 0.3) is 0 Å². The van der Waals surface area contributed by atoms with Gasteiger partial charge >= 0.3 is 24.0 Å². The predicted octanol–water partition coefficient (Wildman–Crippen LogP) is 1.71. The molecule has 4 nitrogen and oxygen atoms in total. The zero-order valence-electron chi connectivity index (χ0n) is 6.73. The fourth-order valence-electron chi connectivity index (χ4n) is 0.634. The minimum absolute atomic E-state index is 3.16. The van der Waals surface area contributed by atoms with Crippen LogP contribution in [0, 0.1) is 10.1 Å². The molecule has 0 aliphatic heterocycles. The second-order valence-electron chi connectivity index (χ2n) is 2.50. The molecular formula is C4HF8NO3. The highest BCUT2D eigenvalue weighted by atomic mass is 19.4. The van der Waals surface area contributed by atoms with Gasteiger partial charge in [-0.15, -0.1) is 8.78 Å². The van der Waals surface area contributed by atoms with Crippen LogP contribution < -0.4 is 0 Å². The monoisotopic (exact) mass is 263 g/mol. The minimum atomic E-state index is -6.96. The van der Waals surface area contributed by atoms with Crippen molar-refractivity contribution in [1.29, 1.82) is 0 Å². The fraction of sp³-hybridized carbons (Fsp3) is 1.00. The van der Waals surface area contributed by atoms with Crippen molar-refractivity contribution in [2.75, 3.05) is 0 Å². The maximum atomic E-state index is 12.2. The zero-order valence-corrected chi connectivity index (χ0v) is 6.73.